The number of fused-ring (bicyclic) bond motifs is 1. The molecule has 0 aromatic heterocycles. The third kappa shape index (κ3) is 10.2. The number of aliphatic carboxylic acids is 1. The van der Waals surface area contributed by atoms with Gasteiger partial charge in [0.1, 0.15) is 24.6 Å². The molecule has 43 heavy (non-hydrogen) atoms. The zero-order valence-corrected chi connectivity index (χ0v) is 23.7. The predicted molar refractivity (Wildman–Crippen MR) is 152 cm³/mol. The number of hydrogen-bond acceptors (Lipinski definition) is 7. The van der Waals surface area contributed by atoms with Crippen LogP contribution in [-0.4, -0.2) is 71.9 Å². The van der Waals surface area contributed by atoms with Gasteiger partial charge < -0.3 is 34.8 Å². The summed E-state index contributed by atoms with van der Waals surface area (Å²) in [5, 5.41) is 29.9. The van der Waals surface area contributed by atoms with Gasteiger partial charge >= 0.3 is 18.1 Å². The largest absolute Gasteiger partial charge is 0.490 e. The molecule has 0 spiro atoms. The zero-order chi connectivity index (χ0) is 31.6. The minimum Gasteiger partial charge on any atom is -0.490 e. The summed E-state index contributed by atoms with van der Waals surface area (Å²) in [6.45, 7) is 5.67. The van der Waals surface area contributed by atoms with Gasteiger partial charge in [-0.2, -0.15) is 13.2 Å². The first-order valence-corrected chi connectivity index (χ1v) is 13.6. The third-order valence-electron chi connectivity index (χ3n) is 6.38. The number of carboxylic acids is 2. The van der Waals surface area contributed by atoms with Crippen molar-refractivity contribution >= 4 is 11.9 Å². The van der Waals surface area contributed by atoms with Crippen LogP contribution in [-0.2, 0) is 11.2 Å². The van der Waals surface area contributed by atoms with Crippen LogP contribution in [0.1, 0.15) is 34.8 Å². The number of benzene rings is 3. The summed E-state index contributed by atoms with van der Waals surface area (Å²) in [4.78, 5) is 20.0. The number of halogens is 3. The van der Waals surface area contributed by atoms with E-state index in [1.165, 1.54) is 0 Å². The Hall–Kier alpha value is -4.29. The van der Waals surface area contributed by atoms with Crippen LogP contribution in [0.5, 0.6) is 17.2 Å². The topological polar surface area (TPSA) is 135 Å². The van der Waals surface area contributed by atoms with Crippen LogP contribution >= 0.6 is 0 Å². The molecule has 9 nitrogen and oxygen atoms in total. The summed E-state index contributed by atoms with van der Waals surface area (Å²) < 4.78 is 49.3. The van der Waals surface area contributed by atoms with Crippen LogP contribution in [0, 0.1) is 6.92 Å². The van der Waals surface area contributed by atoms with Crippen LogP contribution in [0.3, 0.4) is 0 Å². The van der Waals surface area contributed by atoms with Gasteiger partial charge in [-0.15, -0.1) is 0 Å². The molecule has 0 aliphatic carbocycles. The average Bonchev–Trinajstić information content (AvgIpc) is 2.96. The van der Waals surface area contributed by atoms with Crippen molar-refractivity contribution in [2.24, 2.45) is 0 Å². The highest BCUT2D eigenvalue weighted by molar-refractivity contribution is 5.88. The molecule has 0 saturated carbocycles. The number of aliphatic hydroxyl groups is 1. The molecule has 1 aliphatic heterocycles. The summed E-state index contributed by atoms with van der Waals surface area (Å²) in [5.74, 6) is -1.50. The summed E-state index contributed by atoms with van der Waals surface area (Å²) in [5.41, 5.74) is 4.52. The van der Waals surface area contributed by atoms with E-state index in [0.29, 0.717) is 31.2 Å². The van der Waals surface area contributed by atoms with Crippen LogP contribution in [0.15, 0.2) is 60.7 Å². The van der Waals surface area contributed by atoms with Gasteiger partial charge in [-0.3, -0.25) is 0 Å². The van der Waals surface area contributed by atoms with E-state index in [1.54, 1.807) is 12.1 Å². The molecule has 0 amide bonds. The van der Waals surface area contributed by atoms with Crippen molar-refractivity contribution in [1.29, 1.82) is 0 Å². The number of carbonyl (C=O) groups is 2. The van der Waals surface area contributed by atoms with Gasteiger partial charge in [0.25, 0.3) is 0 Å². The first-order valence-electron chi connectivity index (χ1n) is 13.6. The highest BCUT2D eigenvalue weighted by atomic mass is 19.4. The first-order chi connectivity index (χ1) is 20.4. The molecule has 0 fully saturated rings. The lowest BCUT2D eigenvalue weighted by atomic mass is 9.96. The van der Waals surface area contributed by atoms with Gasteiger partial charge in [0.2, 0.25) is 0 Å². The van der Waals surface area contributed by atoms with E-state index in [4.69, 9.17) is 29.2 Å². The molecule has 4 rings (SSSR count). The van der Waals surface area contributed by atoms with Gasteiger partial charge in [0, 0.05) is 13.1 Å². The van der Waals surface area contributed by atoms with Gasteiger partial charge in [0.05, 0.1) is 12.2 Å². The monoisotopic (exact) mass is 605 g/mol. The number of nitrogens with one attached hydrogen (secondary N) is 1. The van der Waals surface area contributed by atoms with Crippen molar-refractivity contribution < 1.29 is 52.3 Å². The van der Waals surface area contributed by atoms with Crippen molar-refractivity contribution in [3.63, 3.8) is 0 Å². The molecule has 0 saturated heterocycles. The van der Waals surface area contributed by atoms with Crippen molar-refractivity contribution in [2.45, 2.75) is 45.1 Å². The predicted octanol–water partition coefficient (Wildman–Crippen LogP) is 5.12. The molecule has 12 heteroatoms. The van der Waals surface area contributed by atoms with Crippen LogP contribution in [0.4, 0.5) is 13.2 Å². The Morgan fingerprint density at radius 3 is 2.30 bits per heavy atom. The van der Waals surface area contributed by atoms with E-state index in [0.717, 1.165) is 40.8 Å². The standard InChI is InChI=1S/C29H33NO6.C2HF3O2/c1-3-34-28-14-19(2)4-12-27(28)35-18-24(31)16-30-17-25-11-9-23-15-22(10-13-26(23)36-25)20-5-7-21(8-6-20)29(32)33;3-2(4,5)1(6)7/h4-8,10,12-15,24-25,30-31H,3,9,11,16-18H2,1-2H3,(H,32,33);(H,6,7)/t24-,25-;/m1./s1. The fourth-order valence-corrected chi connectivity index (χ4v) is 4.23. The third-order valence-corrected chi connectivity index (χ3v) is 6.38. The van der Waals surface area contributed by atoms with E-state index >= 15 is 0 Å². The Bertz CT molecular complexity index is 1380. The number of aryl methyl sites for hydroxylation is 2. The van der Waals surface area contributed by atoms with Crippen molar-refractivity contribution in [1.82, 2.24) is 5.32 Å². The van der Waals surface area contributed by atoms with Gasteiger partial charge in [0.15, 0.2) is 11.5 Å². The van der Waals surface area contributed by atoms with E-state index in [2.05, 4.69) is 11.4 Å². The molecule has 0 bridgehead atoms. The number of aliphatic hydroxyl groups excluding tert-OH is 1. The maximum Gasteiger partial charge on any atom is 0.490 e. The second-order valence-electron chi connectivity index (χ2n) is 9.79. The maximum atomic E-state index is 11.1. The fraction of sp³-hybridized carbons (Fsp3) is 0.355. The summed E-state index contributed by atoms with van der Waals surface area (Å²) in [7, 11) is 0. The Morgan fingerprint density at radius 1 is 1.00 bits per heavy atom. The number of carboxylic acid groups (broad SMARTS) is 2. The summed E-state index contributed by atoms with van der Waals surface area (Å²) in [6, 6.07) is 18.7. The molecule has 1 aliphatic rings. The normalized spacial score (nSPS) is 14.8. The average molecular weight is 606 g/mol. The number of rotatable bonds is 11. The molecule has 0 unspecified atom stereocenters. The lowest BCUT2D eigenvalue weighted by molar-refractivity contribution is -0.192. The molecule has 4 N–H and O–H groups in total. The molecule has 2 atom stereocenters. The molecule has 0 radical (unpaired) electrons. The second kappa shape index (κ2) is 15.3. The van der Waals surface area contributed by atoms with Crippen molar-refractivity contribution in [3.8, 4) is 28.4 Å². The minimum atomic E-state index is -5.08. The SMILES string of the molecule is CCOc1cc(C)ccc1OC[C@H](O)CNC[C@H]1CCc2cc(-c3ccc(C(=O)O)cc3)ccc2O1.O=C(O)C(F)(F)F. The Morgan fingerprint density at radius 2 is 1.67 bits per heavy atom. The maximum absolute atomic E-state index is 11.1. The van der Waals surface area contributed by atoms with Gasteiger partial charge in [-0.25, -0.2) is 9.59 Å². The highest BCUT2D eigenvalue weighted by Gasteiger charge is 2.38. The number of aromatic carboxylic acids is 1. The number of ether oxygens (including phenoxy) is 3. The molecular weight excluding hydrogens is 571 g/mol. The molecule has 3 aromatic carbocycles. The van der Waals surface area contributed by atoms with E-state index < -0.39 is 24.2 Å². The van der Waals surface area contributed by atoms with Gasteiger partial charge in [-0.05, 0) is 85.3 Å². The highest BCUT2D eigenvalue weighted by Crippen LogP contribution is 2.32. The van der Waals surface area contributed by atoms with E-state index in [-0.39, 0.29) is 18.3 Å². The first kappa shape index (κ1) is 33.2. The number of hydrogen-bond donors (Lipinski definition) is 4. The molecule has 1 heterocycles. The molecular formula is C31H34F3NO8. The van der Waals surface area contributed by atoms with Crippen LogP contribution in [0.25, 0.3) is 11.1 Å². The number of alkyl halides is 3. The van der Waals surface area contributed by atoms with E-state index in [1.807, 2.05) is 56.3 Å². The molecule has 3 aromatic rings. The van der Waals surface area contributed by atoms with Crippen LogP contribution in [0.2, 0.25) is 0 Å². The Labute approximate surface area is 246 Å². The smallest absolute Gasteiger partial charge is 0.490 e. The minimum absolute atomic E-state index is 0.0213. The quantitative estimate of drug-likeness (QED) is 0.235. The lowest BCUT2D eigenvalue weighted by Crippen LogP contribution is -2.39. The Balaban J connectivity index is 0.000000646. The second-order valence-corrected chi connectivity index (χ2v) is 9.79. The van der Waals surface area contributed by atoms with E-state index in [9.17, 15) is 23.1 Å². The summed E-state index contributed by atoms with van der Waals surface area (Å²) >= 11 is 0. The van der Waals surface area contributed by atoms with Crippen molar-refractivity contribution in [2.75, 3.05) is 26.3 Å². The van der Waals surface area contributed by atoms with Crippen molar-refractivity contribution in [3.05, 3.63) is 77.4 Å². The fourth-order valence-electron chi connectivity index (χ4n) is 4.23. The summed E-state index contributed by atoms with van der Waals surface area (Å²) in [6.07, 6.45) is -3.96. The zero-order valence-electron chi connectivity index (χ0n) is 23.7. The molecule has 232 valence electrons. The Kier molecular flexibility index (Phi) is 11.8. The van der Waals surface area contributed by atoms with Crippen LogP contribution < -0.4 is 19.5 Å². The lowest BCUT2D eigenvalue weighted by Gasteiger charge is -2.27. The van der Waals surface area contributed by atoms with Gasteiger partial charge in [-0.1, -0.05) is 24.3 Å².